The lowest BCUT2D eigenvalue weighted by atomic mass is 10.2. The Labute approximate surface area is 91.9 Å². The lowest BCUT2D eigenvalue weighted by molar-refractivity contribution is -0.141. The first kappa shape index (κ1) is 12.6. The molecule has 0 spiro atoms. The molecule has 0 aliphatic rings. The van der Waals surface area contributed by atoms with E-state index in [0.717, 1.165) is 12.3 Å². The normalized spacial score (nSPS) is 11.9. The van der Waals surface area contributed by atoms with Crippen LogP contribution in [0.2, 0.25) is 0 Å². The van der Waals surface area contributed by atoms with Gasteiger partial charge in [-0.2, -0.15) is 13.2 Å². The van der Waals surface area contributed by atoms with Gasteiger partial charge in [0.25, 0.3) is 0 Å². The van der Waals surface area contributed by atoms with Crippen LogP contribution in [0, 0.1) is 5.92 Å². The average Bonchev–Trinajstić information content (AvgIpc) is 2.14. The van der Waals surface area contributed by atoms with Crippen LogP contribution in [0.25, 0.3) is 0 Å². The minimum Gasteiger partial charge on any atom is -0.396 e. The van der Waals surface area contributed by atoms with Crippen LogP contribution in [0.5, 0.6) is 0 Å². The summed E-state index contributed by atoms with van der Waals surface area (Å²) in [7, 11) is 0. The molecule has 0 atom stereocenters. The molecule has 0 radical (unpaired) electrons. The Bertz CT molecular complexity index is 361. The summed E-state index contributed by atoms with van der Waals surface area (Å²) < 4.78 is 37.1. The largest absolute Gasteiger partial charge is 0.433 e. The molecular weight excluding hydrogens is 219 g/mol. The van der Waals surface area contributed by atoms with E-state index in [4.69, 9.17) is 5.73 Å². The number of nitrogens with one attached hydrogen (secondary N) is 1. The van der Waals surface area contributed by atoms with Crippen molar-refractivity contribution < 1.29 is 13.2 Å². The molecule has 1 aromatic heterocycles. The van der Waals surface area contributed by atoms with Crippen LogP contribution in [0.3, 0.4) is 0 Å². The van der Waals surface area contributed by atoms with Crippen LogP contribution in [0.15, 0.2) is 12.3 Å². The molecule has 3 N–H and O–H groups in total. The predicted molar refractivity (Wildman–Crippen MR) is 57.0 cm³/mol. The van der Waals surface area contributed by atoms with Crippen LogP contribution in [-0.4, -0.2) is 11.5 Å². The minimum absolute atomic E-state index is 0.216. The van der Waals surface area contributed by atoms with Crippen molar-refractivity contribution in [1.29, 1.82) is 0 Å². The van der Waals surface area contributed by atoms with Gasteiger partial charge in [0, 0.05) is 6.54 Å². The van der Waals surface area contributed by atoms with Gasteiger partial charge in [-0.1, -0.05) is 13.8 Å². The minimum atomic E-state index is -4.44. The highest BCUT2D eigenvalue weighted by Gasteiger charge is 2.32. The van der Waals surface area contributed by atoms with Crippen LogP contribution in [0.4, 0.5) is 24.5 Å². The smallest absolute Gasteiger partial charge is 0.396 e. The molecule has 1 rings (SSSR count). The fraction of sp³-hybridized carbons (Fsp3) is 0.500. The number of halogens is 3. The molecule has 0 aliphatic carbocycles. The number of alkyl halides is 3. The van der Waals surface area contributed by atoms with Crippen molar-refractivity contribution in [3.63, 3.8) is 0 Å². The summed E-state index contributed by atoms with van der Waals surface area (Å²) in [6.07, 6.45) is -3.42. The summed E-state index contributed by atoms with van der Waals surface area (Å²) in [4.78, 5) is 3.25. The topological polar surface area (TPSA) is 50.9 Å². The second-order valence-electron chi connectivity index (χ2n) is 3.93. The van der Waals surface area contributed by atoms with E-state index < -0.39 is 11.9 Å². The summed E-state index contributed by atoms with van der Waals surface area (Å²) in [5, 5.41) is 2.86. The Morgan fingerprint density at radius 3 is 2.56 bits per heavy atom. The van der Waals surface area contributed by atoms with Gasteiger partial charge in [0.15, 0.2) is 0 Å². The second kappa shape index (κ2) is 4.59. The Morgan fingerprint density at radius 1 is 1.44 bits per heavy atom. The molecule has 16 heavy (non-hydrogen) atoms. The number of nitrogen functional groups attached to an aromatic ring is 1. The zero-order chi connectivity index (χ0) is 12.3. The Morgan fingerprint density at radius 2 is 2.06 bits per heavy atom. The third kappa shape index (κ3) is 3.29. The molecule has 0 aliphatic heterocycles. The summed E-state index contributed by atoms with van der Waals surface area (Å²) in [6, 6.07) is 0.928. The highest BCUT2D eigenvalue weighted by molar-refractivity contribution is 5.65. The van der Waals surface area contributed by atoms with Crippen molar-refractivity contribution >= 4 is 11.4 Å². The molecule has 1 aromatic rings. The van der Waals surface area contributed by atoms with E-state index in [0.29, 0.717) is 12.5 Å². The van der Waals surface area contributed by atoms with Crippen molar-refractivity contribution in [2.75, 3.05) is 17.6 Å². The number of rotatable bonds is 3. The number of hydrogen-bond donors (Lipinski definition) is 2. The van der Waals surface area contributed by atoms with Crippen molar-refractivity contribution in [3.05, 3.63) is 18.0 Å². The van der Waals surface area contributed by atoms with Crippen LogP contribution < -0.4 is 11.1 Å². The number of aromatic nitrogens is 1. The average molecular weight is 233 g/mol. The summed E-state index contributed by atoms with van der Waals surface area (Å²) in [5.74, 6) is 0.321. The zero-order valence-electron chi connectivity index (χ0n) is 9.10. The summed E-state index contributed by atoms with van der Waals surface area (Å²) in [6.45, 7) is 4.47. The molecule has 0 fully saturated rings. The van der Waals surface area contributed by atoms with Crippen molar-refractivity contribution in [2.24, 2.45) is 5.92 Å². The summed E-state index contributed by atoms with van der Waals surface area (Å²) >= 11 is 0. The zero-order valence-corrected chi connectivity index (χ0v) is 9.10. The highest BCUT2D eigenvalue weighted by Crippen LogP contribution is 2.30. The molecule has 90 valence electrons. The van der Waals surface area contributed by atoms with Gasteiger partial charge in [0.2, 0.25) is 0 Å². The van der Waals surface area contributed by atoms with Crippen molar-refractivity contribution in [3.8, 4) is 0 Å². The maximum atomic E-state index is 12.4. The van der Waals surface area contributed by atoms with Gasteiger partial charge in [-0.05, 0) is 12.0 Å². The van der Waals surface area contributed by atoms with Gasteiger partial charge >= 0.3 is 6.18 Å². The lowest BCUT2D eigenvalue weighted by Gasteiger charge is -2.13. The first-order chi connectivity index (χ1) is 7.30. The second-order valence-corrected chi connectivity index (χ2v) is 3.93. The Hall–Kier alpha value is -1.46. The van der Waals surface area contributed by atoms with E-state index >= 15 is 0 Å². The van der Waals surface area contributed by atoms with Gasteiger partial charge in [-0.3, -0.25) is 0 Å². The van der Waals surface area contributed by atoms with E-state index in [1.807, 2.05) is 13.8 Å². The molecule has 0 amide bonds. The monoisotopic (exact) mass is 233 g/mol. The Balaban J connectivity index is 2.91. The number of nitrogens with zero attached hydrogens (tertiary/aromatic N) is 1. The van der Waals surface area contributed by atoms with Crippen molar-refractivity contribution in [2.45, 2.75) is 20.0 Å². The molecule has 0 unspecified atom stereocenters. The van der Waals surface area contributed by atoms with E-state index in [-0.39, 0.29) is 11.4 Å². The lowest BCUT2D eigenvalue weighted by Crippen LogP contribution is -2.13. The van der Waals surface area contributed by atoms with Gasteiger partial charge < -0.3 is 11.1 Å². The van der Waals surface area contributed by atoms with Gasteiger partial charge in [0.1, 0.15) is 5.69 Å². The third-order valence-corrected chi connectivity index (χ3v) is 1.93. The van der Waals surface area contributed by atoms with Gasteiger partial charge in [-0.25, -0.2) is 4.98 Å². The molecule has 0 saturated heterocycles. The maximum absolute atomic E-state index is 12.4. The molecular formula is C10H14F3N3. The molecule has 0 aromatic carbocycles. The molecule has 6 heteroatoms. The van der Waals surface area contributed by atoms with Crippen LogP contribution >= 0.6 is 0 Å². The van der Waals surface area contributed by atoms with E-state index in [9.17, 15) is 13.2 Å². The molecule has 3 nitrogen and oxygen atoms in total. The van der Waals surface area contributed by atoms with E-state index in [1.54, 1.807) is 0 Å². The number of pyridine rings is 1. The van der Waals surface area contributed by atoms with E-state index in [2.05, 4.69) is 10.3 Å². The molecule has 0 saturated carbocycles. The van der Waals surface area contributed by atoms with Crippen LogP contribution in [-0.2, 0) is 6.18 Å². The van der Waals surface area contributed by atoms with Crippen molar-refractivity contribution in [1.82, 2.24) is 4.98 Å². The SMILES string of the molecule is CC(C)CNc1cc(C(F)(F)F)ncc1N. The first-order valence-electron chi connectivity index (χ1n) is 4.87. The molecule has 0 bridgehead atoms. The fourth-order valence-electron chi connectivity index (χ4n) is 1.09. The molecule has 1 heterocycles. The maximum Gasteiger partial charge on any atom is 0.433 e. The number of anilines is 2. The third-order valence-electron chi connectivity index (χ3n) is 1.93. The number of hydrogen-bond acceptors (Lipinski definition) is 3. The Kier molecular flexibility index (Phi) is 3.62. The number of nitrogens with two attached hydrogens (primary N) is 1. The standard InChI is InChI=1S/C10H14F3N3/c1-6(2)4-15-8-3-9(10(11,12)13)16-5-7(8)14/h3,5-6H,4,14H2,1-2H3,(H,15,16). The van der Waals surface area contributed by atoms with Gasteiger partial charge in [0.05, 0.1) is 17.6 Å². The van der Waals surface area contributed by atoms with E-state index in [1.165, 1.54) is 0 Å². The quantitative estimate of drug-likeness (QED) is 0.844. The summed E-state index contributed by atoms with van der Waals surface area (Å²) in [5.41, 5.74) is 5.08. The fourth-order valence-corrected chi connectivity index (χ4v) is 1.09. The van der Waals surface area contributed by atoms with Gasteiger partial charge in [-0.15, -0.1) is 0 Å². The predicted octanol–water partition coefficient (Wildman–Crippen LogP) is 2.75. The highest BCUT2D eigenvalue weighted by atomic mass is 19.4. The first-order valence-corrected chi connectivity index (χ1v) is 4.87. The van der Waals surface area contributed by atoms with Crippen LogP contribution in [0.1, 0.15) is 19.5 Å².